The number of nitrogens with two attached hydrogens (primary N) is 1. The van der Waals surface area contributed by atoms with Crippen molar-refractivity contribution in [2.24, 2.45) is 5.73 Å². The third-order valence-electron chi connectivity index (χ3n) is 1.89. The maximum absolute atomic E-state index is 5.85. The van der Waals surface area contributed by atoms with E-state index >= 15 is 0 Å². The molecule has 0 saturated carbocycles. The smallest absolute Gasteiger partial charge is 0.0407 e. The second-order valence-electron chi connectivity index (χ2n) is 3.07. The zero-order valence-electron chi connectivity index (χ0n) is 8.20. The van der Waals surface area contributed by atoms with E-state index in [9.17, 15) is 0 Å². The summed E-state index contributed by atoms with van der Waals surface area (Å²) >= 11 is 5.49. The van der Waals surface area contributed by atoms with Crippen LogP contribution in [0.4, 0.5) is 0 Å². The van der Waals surface area contributed by atoms with Crippen LogP contribution in [0.3, 0.4) is 0 Å². The van der Waals surface area contributed by atoms with Gasteiger partial charge in [-0.25, -0.2) is 0 Å². The molecule has 0 saturated heterocycles. The fraction of sp³-hybridized carbons (Fsp3) is 0.167. The van der Waals surface area contributed by atoms with Gasteiger partial charge >= 0.3 is 0 Å². The van der Waals surface area contributed by atoms with Crippen LogP contribution in [0.1, 0.15) is 11.1 Å². The minimum atomic E-state index is 0.512. The Bertz CT molecular complexity index is 336. The topological polar surface area (TPSA) is 26.0 Å². The molecule has 14 heavy (non-hydrogen) atoms. The van der Waals surface area contributed by atoms with E-state index in [0.29, 0.717) is 5.88 Å². The van der Waals surface area contributed by atoms with Crippen molar-refractivity contribution in [2.45, 2.75) is 6.92 Å². The Morgan fingerprint density at radius 1 is 1.36 bits per heavy atom. The molecule has 0 fully saturated rings. The number of hydrogen-bond acceptors (Lipinski definition) is 1. The Morgan fingerprint density at radius 2 is 2.00 bits per heavy atom. The van der Waals surface area contributed by atoms with Crippen LogP contribution in [-0.2, 0) is 0 Å². The van der Waals surface area contributed by atoms with Gasteiger partial charge in [-0.3, -0.25) is 0 Å². The molecule has 1 nitrogen and oxygen atoms in total. The molecule has 0 aliphatic heterocycles. The van der Waals surface area contributed by atoms with Gasteiger partial charge in [0.15, 0.2) is 0 Å². The van der Waals surface area contributed by atoms with Crippen LogP contribution in [0.15, 0.2) is 42.5 Å². The fourth-order valence-corrected chi connectivity index (χ4v) is 1.17. The zero-order valence-corrected chi connectivity index (χ0v) is 8.96. The molecule has 0 aliphatic rings. The summed E-state index contributed by atoms with van der Waals surface area (Å²) in [5.74, 6) is 0.512. The van der Waals surface area contributed by atoms with E-state index in [1.165, 1.54) is 5.56 Å². The number of alkyl halides is 1. The quantitative estimate of drug-likeness (QED) is 0.598. The highest BCUT2D eigenvalue weighted by molar-refractivity contribution is 6.18. The van der Waals surface area contributed by atoms with Gasteiger partial charge in [-0.05, 0) is 18.6 Å². The first kappa shape index (κ1) is 10.9. The van der Waals surface area contributed by atoms with Crippen LogP contribution in [-0.4, -0.2) is 5.88 Å². The SMILES string of the molecule is Cc1ccc(/C(N)=C/C=C\CCl)cc1. The first-order valence-corrected chi connectivity index (χ1v) is 5.03. The lowest BCUT2D eigenvalue weighted by Crippen LogP contribution is -1.95. The van der Waals surface area contributed by atoms with Crippen molar-refractivity contribution in [1.82, 2.24) is 0 Å². The molecule has 0 heterocycles. The molecule has 0 aliphatic carbocycles. The summed E-state index contributed by atoms with van der Waals surface area (Å²) in [5, 5.41) is 0. The summed E-state index contributed by atoms with van der Waals surface area (Å²) in [6, 6.07) is 8.11. The Hall–Kier alpha value is -1.21. The van der Waals surface area contributed by atoms with Gasteiger partial charge in [0.05, 0.1) is 0 Å². The minimum Gasteiger partial charge on any atom is -0.398 e. The van der Waals surface area contributed by atoms with Gasteiger partial charge < -0.3 is 5.73 Å². The third-order valence-corrected chi connectivity index (χ3v) is 2.06. The van der Waals surface area contributed by atoms with E-state index in [1.807, 2.05) is 42.5 Å². The average Bonchev–Trinajstić information content (AvgIpc) is 2.19. The second kappa shape index (κ2) is 5.51. The Morgan fingerprint density at radius 3 is 2.57 bits per heavy atom. The zero-order chi connectivity index (χ0) is 10.4. The number of hydrogen-bond donors (Lipinski definition) is 1. The van der Waals surface area contributed by atoms with Crippen molar-refractivity contribution in [2.75, 3.05) is 5.88 Å². The standard InChI is InChI=1S/C12H14ClN/c1-10-5-7-11(8-6-10)12(14)4-2-3-9-13/h2-8H,9,14H2,1H3/b3-2-,12-4-. The summed E-state index contributed by atoms with van der Waals surface area (Å²) in [6.45, 7) is 2.05. The van der Waals surface area contributed by atoms with E-state index in [0.717, 1.165) is 11.3 Å². The van der Waals surface area contributed by atoms with Crippen molar-refractivity contribution in [3.8, 4) is 0 Å². The van der Waals surface area contributed by atoms with E-state index in [1.54, 1.807) is 0 Å². The normalized spacial score (nSPS) is 12.3. The van der Waals surface area contributed by atoms with Crippen LogP contribution < -0.4 is 5.73 Å². The Labute approximate surface area is 89.9 Å². The van der Waals surface area contributed by atoms with Crippen molar-refractivity contribution in [3.05, 3.63) is 53.6 Å². The summed E-state index contributed by atoms with van der Waals surface area (Å²) in [7, 11) is 0. The number of halogens is 1. The summed E-state index contributed by atoms with van der Waals surface area (Å²) in [4.78, 5) is 0. The van der Waals surface area contributed by atoms with Gasteiger partial charge in [-0.15, -0.1) is 11.6 Å². The molecule has 0 unspecified atom stereocenters. The molecule has 2 heteroatoms. The minimum absolute atomic E-state index is 0.512. The predicted octanol–water partition coefficient (Wildman–Crippen LogP) is 3.09. The van der Waals surface area contributed by atoms with E-state index in [4.69, 9.17) is 17.3 Å². The largest absolute Gasteiger partial charge is 0.398 e. The highest BCUT2D eigenvalue weighted by atomic mass is 35.5. The first-order valence-electron chi connectivity index (χ1n) is 4.49. The molecule has 2 N–H and O–H groups in total. The lowest BCUT2D eigenvalue weighted by molar-refractivity contribution is 1.43. The highest BCUT2D eigenvalue weighted by Crippen LogP contribution is 2.09. The lowest BCUT2D eigenvalue weighted by atomic mass is 10.1. The van der Waals surface area contributed by atoms with Crippen molar-refractivity contribution >= 4 is 17.3 Å². The molecule has 0 aromatic heterocycles. The van der Waals surface area contributed by atoms with E-state index < -0.39 is 0 Å². The number of aryl methyl sites for hydroxylation is 1. The van der Waals surface area contributed by atoms with Gasteiger partial charge in [-0.1, -0.05) is 42.0 Å². The molecule has 0 radical (unpaired) electrons. The molecule has 0 bridgehead atoms. The number of allylic oxidation sites excluding steroid dienone is 3. The van der Waals surface area contributed by atoms with Crippen molar-refractivity contribution in [3.63, 3.8) is 0 Å². The van der Waals surface area contributed by atoms with Gasteiger partial charge in [0.1, 0.15) is 0 Å². The van der Waals surface area contributed by atoms with Crippen LogP contribution in [0, 0.1) is 6.92 Å². The summed E-state index contributed by atoms with van der Waals surface area (Å²) in [5.41, 5.74) is 8.88. The third kappa shape index (κ3) is 3.27. The van der Waals surface area contributed by atoms with Crippen LogP contribution in [0.2, 0.25) is 0 Å². The fourth-order valence-electron chi connectivity index (χ4n) is 1.07. The molecule has 0 spiro atoms. The average molecular weight is 208 g/mol. The second-order valence-corrected chi connectivity index (χ2v) is 3.38. The molecule has 1 aromatic rings. The van der Waals surface area contributed by atoms with Gasteiger partial charge in [0.2, 0.25) is 0 Å². The molecule has 0 amide bonds. The lowest BCUT2D eigenvalue weighted by Gasteiger charge is -2.00. The first-order chi connectivity index (χ1) is 6.74. The summed E-state index contributed by atoms with van der Waals surface area (Å²) in [6.07, 6.45) is 5.57. The monoisotopic (exact) mass is 207 g/mol. The predicted molar refractivity (Wildman–Crippen MR) is 63.2 cm³/mol. The number of benzene rings is 1. The number of rotatable bonds is 3. The maximum atomic E-state index is 5.85. The van der Waals surface area contributed by atoms with Gasteiger partial charge in [-0.2, -0.15) is 0 Å². The highest BCUT2D eigenvalue weighted by Gasteiger charge is 1.93. The van der Waals surface area contributed by atoms with Gasteiger partial charge in [0.25, 0.3) is 0 Å². The van der Waals surface area contributed by atoms with Crippen LogP contribution in [0.25, 0.3) is 5.70 Å². The Balaban J connectivity index is 2.78. The van der Waals surface area contributed by atoms with Crippen LogP contribution in [0.5, 0.6) is 0 Å². The molecule has 0 atom stereocenters. The molecule has 1 rings (SSSR count). The van der Waals surface area contributed by atoms with Crippen molar-refractivity contribution in [1.29, 1.82) is 0 Å². The van der Waals surface area contributed by atoms with E-state index in [-0.39, 0.29) is 0 Å². The van der Waals surface area contributed by atoms with Gasteiger partial charge in [0, 0.05) is 11.6 Å². The molecular formula is C12H14ClN. The molecule has 74 valence electrons. The van der Waals surface area contributed by atoms with Crippen LogP contribution >= 0.6 is 11.6 Å². The van der Waals surface area contributed by atoms with Crippen molar-refractivity contribution < 1.29 is 0 Å². The Kier molecular flexibility index (Phi) is 4.27. The molecular weight excluding hydrogens is 194 g/mol. The maximum Gasteiger partial charge on any atom is 0.0407 e. The molecule has 1 aromatic carbocycles. The summed E-state index contributed by atoms with van der Waals surface area (Å²) < 4.78 is 0. The van der Waals surface area contributed by atoms with E-state index in [2.05, 4.69) is 6.92 Å².